The molecule has 0 aliphatic carbocycles. The van der Waals surface area contributed by atoms with E-state index in [4.69, 9.17) is 17.3 Å². The van der Waals surface area contributed by atoms with Gasteiger partial charge in [-0.05, 0) is 35.2 Å². The molecule has 1 unspecified atom stereocenters. The van der Waals surface area contributed by atoms with E-state index in [-0.39, 0.29) is 11.9 Å². The minimum Gasteiger partial charge on any atom is -0.324 e. The summed E-state index contributed by atoms with van der Waals surface area (Å²) in [5, 5.41) is 2.65. The Labute approximate surface area is 117 Å². The SMILES string of the molecule is NC(Cc1sccc1Cl)c1cc(F)cc(Br)c1. The highest BCUT2D eigenvalue weighted by Crippen LogP contribution is 2.28. The number of rotatable bonds is 3. The van der Waals surface area contributed by atoms with Crippen molar-refractivity contribution in [3.8, 4) is 0 Å². The van der Waals surface area contributed by atoms with E-state index in [2.05, 4.69) is 15.9 Å². The molecular formula is C12H10BrClFNS. The van der Waals surface area contributed by atoms with Gasteiger partial charge in [-0.25, -0.2) is 4.39 Å². The number of benzene rings is 1. The second-order valence-electron chi connectivity index (χ2n) is 3.71. The van der Waals surface area contributed by atoms with Crippen LogP contribution in [0.5, 0.6) is 0 Å². The lowest BCUT2D eigenvalue weighted by Gasteiger charge is -2.12. The second-order valence-corrected chi connectivity index (χ2v) is 6.03. The predicted molar refractivity (Wildman–Crippen MR) is 74.1 cm³/mol. The van der Waals surface area contributed by atoms with Crippen LogP contribution in [0, 0.1) is 5.82 Å². The van der Waals surface area contributed by atoms with Crippen molar-refractivity contribution < 1.29 is 4.39 Å². The van der Waals surface area contributed by atoms with Gasteiger partial charge in [0.1, 0.15) is 5.82 Å². The molecule has 2 rings (SSSR count). The zero-order valence-corrected chi connectivity index (χ0v) is 11.9. The Morgan fingerprint density at radius 3 is 2.76 bits per heavy atom. The Bertz CT molecular complexity index is 509. The molecule has 0 spiro atoms. The molecule has 5 heteroatoms. The summed E-state index contributed by atoms with van der Waals surface area (Å²) in [6, 6.07) is 6.29. The van der Waals surface area contributed by atoms with Crippen molar-refractivity contribution >= 4 is 38.9 Å². The number of hydrogen-bond donors (Lipinski definition) is 1. The van der Waals surface area contributed by atoms with E-state index in [1.807, 2.05) is 17.5 Å². The van der Waals surface area contributed by atoms with Gasteiger partial charge in [0.15, 0.2) is 0 Å². The second kappa shape index (κ2) is 5.48. The molecule has 0 fully saturated rings. The lowest BCUT2D eigenvalue weighted by molar-refractivity contribution is 0.618. The molecule has 2 N–H and O–H groups in total. The van der Waals surface area contributed by atoms with Gasteiger partial charge in [-0.1, -0.05) is 27.5 Å². The number of thiophene rings is 1. The lowest BCUT2D eigenvalue weighted by Crippen LogP contribution is -2.13. The highest BCUT2D eigenvalue weighted by molar-refractivity contribution is 9.10. The fourth-order valence-corrected chi connectivity index (χ4v) is 3.23. The first-order valence-corrected chi connectivity index (χ1v) is 7.05. The third-order valence-corrected chi connectivity index (χ3v) is 4.28. The molecule has 0 aliphatic rings. The van der Waals surface area contributed by atoms with Gasteiger partial charge in [-0.3, -0.25) is 0 Å². The maximum absolute atomic E-state index is 13.2. The maximum Gasteiger partial charge on any atom is 0.124 e. The Morgan fingerprint density at radius 2 is 2.18 bits per heavy atom. The summed E-state index contributed by atoms with van der Waals surface area (Å²) >= 11 is 10.8. The molecule has 0 bridgehead atoms. The summed E-state index contributed by atoms with van der Waals surface area (Å²) in [5.74, 6) is -0.290. The number of hydrogen-bond acceptors (Lipinski definition) is 2. The zero-order valence-electron chi connectivity index (χ0n) is 8.79. The van der Waals surface area contributed by atoms with Crippen molar-refractivity contribution in [2.75, 3.05) is 0 Å². The minimum absolute atomic E-state index is 0.252. The van der Waals surface area contributed by atoms with Crippen molar-refractivity contribution in [3.63, 3.8) is 0 Å². The van der Waals surface area contributed by atoms with Crippen LogP contribution in [-0.4, -0.2) is 0 Å². The van der Waals surface area contributed by atoms with Gasteiger partial charge in [-0.15, -0.1) is 11.3 Å². The smallest absolute Gasteiger partial charge is 0.124 e. The first-order chi connectivity index (χ1) is 8.06. The number of nitrogens with two attached hydrogens (primary N) is 1. The molecule has 0 saturated heterocycles. The van der Waals surface area contributed by atoms with Gasteiger partial charge < -0.3 is 5.73 Å². The summed E-state index contributed by atoms with van der Waals surface area (Å²) < 4.78 is 13.9. The van der Waals surface area contributed by atoms with Crippen LogP contribution >= 0.6 is 38.9 Å². The topological polar surface area (TPSA) is 26.0 Å². The minimum atomic E-state index is -0.290. The summed E-state index contributed by atoms with van der Waals surface area (Å²) in [5.41, 5.74) is 6.82. The summed E-state index contributed by atoms with van der Waals surface area (Å²) in [4.78, 5) is 1.03. The predicted octanol–water partition coefficient (Wildman–Crippen LogP) is 4.55. The van der Waals surface area contributed by atoms with E-state index in [0.29, 0.717) is 10.9 Å². The van der Waals surface area contributed by atoms with Gasteiger partial charge in [0.25, 0.3) is 0 Å². The fourth-order valence-electron chi connectivity index (χ4n) is 1.58. The largest absolute Gasteiger partial charge is 0.324 e. The molecule has 1 heterocycles. The monoisotopic (exact) mass is 333 g/mol. The zero-order chi connectivity index (χ0) is 12.4. The molecule has 2 aromatic rings. The molecule has 17 heavy (non-hydrogen) atoms. The van der Waals surface area contributed by atoms with E-state index in [9.17, 15) is 4.39 Å². The lowest BCUT2D eigenvalue weighted by atomic mass is 10.0. The maximum atomic E-state index is 13.2. The van der Waals surface area contributed by atoms with E-state index >= 15 is 0 Å². The first kappa shape index (κ1) is 13.0. The molecule has 1 atom stereocenters. The molecule has 90 valence electrons. The third-order valence-electron chi connectivity index (χ3n) is 2.41. The van der Waals surface area contributed by atoms with Crippen molar-refractivity contribution in [1.29, 1.82) is 0 Å². The Kier molecular flexibility index (Phi) is 4.20. The molecule has 1 aromatic heterocycles. The van der Waals surface area contributed by atoms with Gasteiger partial charge in [0, 0.05) is 21.8 Å². The average Bonchev–Trinajstić information content (AvgIpc) is 2.63. The van der Waals surface area contributed by atoms with Gasteiger partial charge in [0.05, 0.1) is 5.02 Å². The molecule has 1 nitrogen and oxygen atoms in total. The average molecular weight is 335 g/mol. The van der Waals surface area contributed by atoms with E-state index in [1.165, 1.54) is 12.1 Å². The standard InChI is InChI=1S/C12H10BrClFNS/c13-8-3-7(4-9(15)5-8)11(16)6-12-10(14)1-2-17-12/h1-5,11H,6,16H2. The fraction of sp³-hybridized carbons (Fsp3) is 0.167. The van der Waals surface area contributed by atoms with E-state index in [1.54, 1.807) is 11.3 Å². The Hall–Kier alpha value is -0.420. The third kappa shape index (κ3) is 3.28. The first-order valence-electron chi connectivity index (χ1n) is 4.99. The number of halogens is 3. The summed E-state index contributed by atoms with van der Waals surface area (Å²) in [7, 11) is 0. The van der Waals surface area contributed by atoms with Crippen LogP contribution in [0.3, 0.4) is 0 Å². The van der Waals surface area contributed by atoms with Crippen LogP contribution in [0.25, 0.3) is 0 Å². The highest BCUT2D eigenvalue weighted by atomic mass is 79.9. The molecular weight excluding hydrogens is 325 g/mol. The van der Waals surface area contributed by atoms with E-state index in [0.717, 1.165) is 15.5 Å². The molecule has 0 saturated carbocycles. The van der Waals surface area contributed by atoms with Crippen LogP contribution in [0.2, 0.25) is 5.02 Å². The summed E-state index contributed by atoms with van der Waals surface area (Å²) in [6.45, 7) is 0. The van der Waals surface area contributed by atoms with E-state index < -0.39 is 0 Å². The van der Waals surface area contributed by atoms with Crippen LogP contribution in [0.15, 0.2) is 34.1 Å². The van der Waals surface area contributed by atoms with Gasteiger partial charge in [-0.2, -0.15) is 0 Å². The molecule has 0 aliphatic heterocycles. The summed E-state index contributed by atoms with van der Waals surface area (Å²) in [6.07, 6.45) is 0.617. The van der Waals surface area contributed by atoms with Crippen LogP contribution < -0.4 is 5.73 Å². The molecule has 1 aromatic carbocycles. The van der Waals surface area contributed by atoms with Crippen molar-refractivity contribution in [2.45, 2.75) is 12.5 Å². The highest BCUT2D eigenvalue weighted by Gasteiger charge is 2.12. The normalized spacial score (nSPS) is 12.7. The molecule has 0 radical (unpaired) electrons. The van der Waals surface area contributed by atoms with Crippen LogP contribution in [-0.2, 0) is 6.42 Å². The Morgan fingerprint density at radius 1 is 1.41 bits per heavy atom. The van der Waals surface area contributed by atoms with Gasteiger partial charge in [0.2, 0.25) is 0 Å². The quantitative estimate of drug-likeness (QED) is 0.876. The van der Waals surface area contributed by atoms with Crippen molar-refractivity contribution in [3.05, 3.63) is 55.4 Å². The van der Waals surface area contributed by atoms with Gasteiger partial charge >= 0.3 is 0 Å². The van der Waals surface area contributed by atoms with Crippen molar-refractivity contribution in [1.82, 2.24) is 0 Å². The Balaban J connectivity index is 2.20. The molecule has 0 amide bonds. The van der Waals surface area contributed by atoms with Crippen LogP contribution in [0.4, 0.5) is 4.39 Å². The van der Waals surface area contributed by atoms with Crippen LogP contribution in [0.1, 0.15) is 16.5 Å². The van der Waals surface area contributed by atoms with Crippen molar-refractivity contribution in [2.24, 2.45) is 5.73 Å².